The summed E-state index contributed by atoms with van der Waals surface area (Å²) in [5.74, 6) is -0.555. The van der Waals surface area contributed by atoms with E-state index in [0.29, 0.717) is 16.6 Å². The number of para-hydroxylation sites is 1. The summed E-state index contributed by atoms with van der Waals surface area (Å²) >= 11 is 0. The number of hydrogen-bond acceptors (Lipinski definition) is 6. The second kappa shape index (κ2) is 6.38. The lowest BCUT2D eigenvalue weighted by molar-refractivity contribution is 0.00172. The van der Waals surface area contributed by atoms with Crippen molar-refractivity contribution in [1.29, 1.82) is 0 Å². The molecular weight excluding hydrogens is 332 g/mol. The number of fused-ring (bicyclic) bond motifs is 1. The van der Waals surface area contributed by atoms with Gasteiger partial charge in [0.05, 0.1) is 23.8 Å². The summed E-state index contributed by atoms with van der Waals surface area (Å²) in [7, 11) is -3.94. The Labute approximate surface area is 140 Å². The van der Waals surface area contributed by atoms with E-state index in [2.05, 4.69) is 9.71 Å². The molecule has 3 rings (SSSR count). The van der Waals surface area contributed by atoms with Gasteiger partial charge < -0.3 is 15.3 Å². The van der Waals surface area contributed by atoms with Gasteiger partial charge in [-0.2, -0.15) is 0 Å². The van der Waals surface area contributed by atoms with Crippen LogP contribution in [0.5, 0.6) is 0 Å². The van der Waals surface area contributed by atoms with Crippen molar-refractivity contribution in [1.82, 2.24) is 9.71 Å². The third-order valence-electron chi connectivity index (χ3n) is 4.45. The second-order valence-corrected chi connectivity index (χ2v) is 7.85. The fourth-order valence-electron chi connectivity index (χ4n) is 3.12. The molecule has 24 heavy (non-hydrogen) atoms. The van der Waals surface area contributed by atoms with Crippen molar-refractivity contribution in [2.24, 2.45) is 5.92 Å². The van der Waals surface area contributed by atoms with Gasteiger partial charge in [0.15, 0.2) is 0 Å². The summed E-state index contributed by atoms with van der Waals surface area (Å²) < 4.78 is 27.9. The molecule has 130 valence electrons. The maximum Gasteiger partial charge on any atom is 0.243 e. The molecular formula is C16H20N2O5S. The minimum absolute atomic E-state index is 0.0258. The first-order chi connectivity index (χ1) is 11.3. The largest absolute Gasteiger partial charge is 0.396 e. The molecule has 0 spiro atoms. The van der Waals surface area contributed by atoms with Crippen LogP contribution in [0.25, 0.3) is 10.9 Å². The van der Waals surface area contributed by atoms with Crippen LogP contribution in [-0.2, 0) is 10.0 Å². The van der Waals surface area contributed by atoms with Crippen molar-refractivity contribution in [3.63, 3.8) is 0 Å². The Hall–Kier alpha value is -1.58. The van der Waals surface area contributed by atoms with Gasteiger partial charge >= 0.3 is 0 Å². The van der Waals surface area contributed by atoms with Crippen LogP contribution < -0.4 is 4.72 Å². The van der Waals surface area contributed by atoms with Gasteiger partial charge in [-0.3, -0.25) is 4.98 Å². The van der Waals surface area contributed by atoms with Crippen molar-refractivity contribution in [2.45, 2.75) is 36.5 Å². The van der Waals surface area contributed by atoms with E-state index in [9.17, 15) is 23.7 Å². The van der Waals surface area contributed by atoms with E-state index in [0.717, 1.165) is 0 Å². The molecule has 1 heterocycles. The molecule has 0 aliphatic heterocycles. The van der Waals surface area contributed by atoms with E-state index in [1.165, 1.54) is 6.07 Å². The molecule has 8 heteroatoms. The first-order valence-electron chi connectivity index (χ1n) is 7.69. The fraction of sp³-hybridized carbons (Fsp3) is 0.438. The zero-order valence-electron chi connectivity index (χ0n) is 13.1. The quantitative estimate of drug-likeness (QED) is 0.611. The molecule has 0 bridgehead atoms. The molecule has 0 unspecified atom stereocenters. The molecule has 0 saturated heterocycles. The maximum absolute atomic E-state index is 12.8. The number of nitrogens with one attached hydrogen (secondary N) is 1. The molecule has 0 radical (unpaired) electrons. The minimum atomic E-state index is -3.94. The highest BCUT2D eigenvalue weighted by Gasteiger charge is 2.43. The Balaban J connectivity index is 1.96. The number of sulfonamides is 1. The van der Waals surface area contributed by atoms with Crippen LogP contribution in [0.15, 0.2) is 35.2 Å². The summed E-state index contributed by atoms with van der Waals surface area (Å²) in [6, 6.07) is 7.60. The molecule has 7 nitrogen and oxygen atoms in total. The van der Waals surface area contributed by atoms with E-state index < -0.39 is 34.2 Å². The fourth-order valence-corrected chi connectivity index (χ4v) is 4.56. The van der Waals surface area contributed by atoms with Gasteiger partial charge in [-0.25, -0.2) is 13.1 Å². The molecule has 0 amide bonds. The van der Waals surface area contributed by atoms with E-state index in [1.54, 1.807) is 31.2 Å². The van der Waals surface area contributed by atoms with Crippen LogP contribution in [0.2, 0.25) is 0 Å². The summed E-state index contributed by atoms with van der Waals surface area (Å²) in [5.41, 5.74) is 1.05. The summed E-state index contributed by atoms with van der Waals surface area (Å²) in [6.07, 6.45) is -2.26. The average Bonchev–Trinajstić information content (AvgIpc) is 2.81. The number of aromatic nitrogens is 1. The maximum atomic E-state index is 12.8. The Morgan fingerprint density at radius 2 is 1.96 bits per heavy atom. The predicted octanol–water partition coefficient (Wildman–Crippen LogP) is -0.0759. The monoisotopic (exact) mass is 352 g/mol. The Morgan fingerprint density at radius 1 is 1.21 bits per heavy atom. The first kappa shape index (κ1) is 17.2. The van der Waals surface area contributed by atoms with E-state index in [4.69, 9.17) is 0 Å². The van der Waals surface area contributed by atoms with Crippen LogP contribution in [0.4, 0.5) is 0 Å². The smallest absolute Gasteiger partial charge is 0.243 e. The van der Waals surface area contributed by atoms with Crippen LogP contribution in [0.3, 0.4) is 0 Å². The number of benzene rings is 1. The molecule has 1 aliphatic carbocycles. The molecule has 2 aromatic rings. The van der Waals surface area contributed by atoms with Gasteiger partial charge in [-0.1, -0.05) is 18.2 Å². The van der Waals surface area contributed by atoms with E-state index in [-0.39, 0.29) is 17.9 Å². The SMILES string of the molecule is Cc1ccc2cccc(S(=O)(=O)N[C@@H]3C[C@H](CO)[C@@H](O)[C@H]3O)c2n1. The summed E-state index contributed by atoms with van der Waals surface area (Å²) in [6.45, 7) is 1.46. The number of aryl methyl sites for hydroxylation is 1. The van der Waals surface area contributed by atoms with Crippen molar-refractivity contribution in [2.75, 3.05) is 6.61 Å². The van der Waals surface area contributed by atoms with Crippen molar-refractivity contribution < 1.29 is 23.7 Å². The lowest BCUT2D eigenvalue weighted by Crippen LogP contribution is -2.43. The Kier molecular flexibility index (Phi) is 4.58. The number of pyridine rings is 1. The Bertz CT molecular complexity index is 855. The van der Waals surface area contributed by atoms with E-state index >= 15 is 0 Å². The van der Waals surface area contributed by atoms with Crippen LogP contribution in [0, 0.1) is 12.8 Å². The Morgan fingerprint density at radius 3 is 2.62 bits per heavy atom. The standard InChI is InChI=1S/C16H20N2O5S/c1-9-5-6-10-3-2-4-13(14(10)17-9)24(22,23)18-12-7-11(8-19)15(20)16(12)21/h2-6,11-12,15-16,18-21H,7-8H2,1H3/t11-,12-,15-,16+/m1/s1. The first-order valence-corrected chi connectivity index (χ1v) is 9.17. The number of nitrogens with zero attached hydrogens (tertiary/aromatic N) is 1. The number of rotatable bonds is 4. The molecule has 1 saturated carbocycles. The number of hydrogen-bond donors (Lipinski definition) is 4. The van der Waals surface area contributed by atoms with Gasteiger partial charge in [0, 0.05) is 23.6 Å². The van der Waals surface area contributed by atoms with Gasteiger partial charge in [0.1, 0.15) is 4.90 Å². The highest BCUT2D eigenvalue weighted by atomic mass is 32.2. The molecule has 1 fully saturated rings. The topological polar surface area (TPSA) is 120 Å². The highest BCUT2D eigenvalue weighted by molar-refractivity contribution is 7.89. The zero-order valence-corrected chi connectivity index (χ0v) is 13.9. The van der Waals surface area contributed by atoms with Gasteiger partial charge in [0.25, 0.3) is 0 Å². The van der Waals surface area contributed by atoms with Crippen molar-refractivity contribution in [3.8, 4) is 0 Å². The van der Waals surface area contributed by atoms with Crippen LogP contribution in [0.1, 0.15) is 12.1 Å². The molecule has 4 N–H and O–H groups in total. The average molecular weight is 352 g/mol. The van der Waals surface area contributed by atoms with Crippen molar-refractivity contribution in [3.05, 3.63) is 36.0 Å². The third-order valence-corrected chi connectivity index (χ3v) is 5.98. The highest BCUT2D eigenvalue weighted by Crippen LogP contribution is 2.29. The van der Waals surface area contributed by atoms with E-state index in [1.807, 2.05) is 0 Å². The lowest BCUT2D eigenvalue weighted by atomic mass is 10.1. The van der Waals surface area contributed by atoms with Gasteiger partial charge in [0.2, 0.25) is 10.0 Å². The molecule has 4 atom stereocenters. The lowest BCUT2D eigenvalue weighted by Gasteiger charge is -2.18. The number of aliphatic hydroxyl groups is 3. The van der Waals surface area contributed by atoms with Gasteiger partial charge in [-0.15, -0.1) is 0 Å². The molecule has 1 aromatic heterocycles. The van der Waals surface area contributed by atoms with Crippen molar-refractivity contribution >= 4 is 20.9 Å². The number of aliphatic hydroxyl groups excluding tert-OH is 3. The molecule has 1 aliphatic rings. The van der Waals surface area contributed by atoms with Crippen LogP contribution >= 0.6 is 0 Å². The second-order valence-electron chi connectivity index (χ2n) is 6.17. The van der Waals surface area contributed by atoms with Gasteiger partial charge in [-0.05, 0) is 25.5 Å². The third kappa shape index (κ3) is 3.03. The minimum Gasteiger partial charge on any atom is -0.396 e. The predicted molar refractivity (Wildman–Crippen MR) is 87.8 cm³/mol. The molecule has 1 aromatic carbocycles. The summed E-state index contributed by atoms with van der Waals surface area (Å²) in [4.78, 5) is 4.34. The normalized spacial score (nSPS) is 27.7. The zero-order chi connectivity index (χ0) is 17.5. The summed E-state index contributed by atoms with van der Waals surface area (Å²) in [5, 5.41) is 29.8. The van der Waals surface area contributed by atoms with Crippen LogP contribution in [-0.4, -0.2) is 53.6 Å².